The number of pyridine rings is 1. The molecule has 9 heteroatoms. The topological polar surface area (TPSA) is 89.0 Å². The molecule has 1 fully saturated rings. The van der Waals surface area contributed by atoms with Gasteiger partial charge in [-0.05, 0) is 49.1 Å². The van der Waals surface area contributed by atoms with E-state index in [1.165, 1.54) is 12.3 Å². The minimum atomic E-state index is -0.331. The smallest absolute Gasteiger partial charge is 0.256 e. The molecule has 4 aromatic rings. The SMILES string of the molecule is CCc1ccc2c(c1)c(-c1cc(Cl)c[nH]c1=O)c(C(=O)CSC1CC1)n2Cc1ccccc1F.O=O. The fourth-order valence-corrected chi connectivity index (χ4v) is 5.44. The molecule has 5 rings (SSSR count). The van der Waals surface area contributed by atoms with Crippen LogP contribution in [0.1, 0.15) is 41.4 Å². The lowest BCUT2D eigenvalue weighted by Gasteiger charge is -2.13. The molecule has 1 aliphatic rings. The highest BCUT2D eigenvalue weighted by molar-refractivity contribution is 8.00. The van der Waals surface area contributed by atoms with E-state index in [0.29, 0.717) is 38.4 Å². The number of benzene rings is 2. The van der Waals surface area contributed by atoms with Crippen LogP contribution >= 0.6 is 23.4 Å². The Balaban J connectivity index is 0.00000148. The maximum absolute atomic E-state index is 14.7. The van der Waals surface area contributed by atoms with Crippen LogP contribution < -0.4 is 5.56 Å². The third-order valence-electron chi connectivity index (χ3n) is 6.20. The summed E-state index contributed by atoms with van der Waals surface area (Å²) in [7, 11) is 0. The quantitative estimate of drug-likeness (QED) is 0.263. The zero-order valence-electron chi connectivity index (χ0n) is 19.6. The van der Waals surface area contributed by atoms with Crippen molar-refractivity contribution in [2.24, 2.45) is 0 Å². The Labute approximate surface area is 216 Å². The minimum Gasteiger partial charge on any atom is -0.333 e. The number of ketones is 1. The molecule has 6 nitrogen and oxygen atoms in total. The van der Waals surface area contributed by atoms with E-state index in [9.17, 15) is 14.0 Å². The van der Waals surface area contributed by atoms with E-state index in [2.05, 4.69) is 11.9 Å². The first kappa shape index (κ1) is 25.9. The fraction of sp³-hybridized carbons (Fsp3) is 0.259. The second-order valence-electron chi connectivity index (χ2n) is 8.60. The van der Waals surface area contributed by atoms with Crippen molar-refractivity contribution in [2.45, 2.75) is 38.0 Å². The van der Waals surface area contributed by atoms with Gasteiger partial charge in [0, 0.05) is 43.4 Å². The normalized spacial score (nSPS) is 12.9. The molecule has 1 N–H and O–H groups in total. The van der Waals surface area contributed by atoms with Crippen molar-refractivity contribution < 1.29 is 9.18 Å². The molecular formula is C27H24ClFN2O4S. The molecule has 2 aromatic heterocycles. The number of nitrogens with one attached hydrogen (secondary N) is 1. The van der Waals surface area contributed by atoms with Crippen molar-refractivity contribution in [3.63, 3.8) is 0 Å². The van der Waals surface area contributed by atoms with E-state index in [0.717, 1.165) is 35.7 Å². The van der Waals surface area contributed by atoms with Gasteiger partial charge in [0.2, 0.25) is 0 Å². The Morgan fingerprint density at radius 1 is 1.17 bits per heavy atom. The molecule has 36 heavy (non-hydrogen) atoms. The maximum atomic E-state index is 14.7. The van der Waals surface area contributed by atoms with Gasteiger partial charge in [0.25, 0.3) is 5.56 Å². The molecule has 2 heterocycles. The Hall–Kier alpha value is -3.23. The van der Waals surface area contributed by atoms with E-state index < -0.39 is 0 Å². The molecule has 1 saturated carbocycles. The zero-order valence-corrected chi connectivity index (χ0v) is 21.1. The summed E-state index contributed by atoms with van der Waals surface area (Å²) in [6.07, 6.45) is 4.49. The van der Waals surface area contributed by atoms with Gasteiger partial charge in [-0.25, -0.2) is 4.39 Å². The number of H-pyrrole nitrogens is 1. The molecule has 0 radical (unpaired) electrons. The Bertz CT molecular complexity index is 1480. The number of rotatable bonds is 8. The van der Waals surface area contributed by atoms with Crippen LogP contribution in [-0.4, -0.2) is 26.3 Å². The molecule has 1 aliphatic carbocycles. The highest BCUT2D eigenvalue weighted by Crippen LogP contribution is 2.38. The number of halogens is 2. The fourth-order valence-electron chi connectivity index (χ4n) is 4.29. The summed E-state index contributed by atoms with van der Waals surface area (Å²) < 4.78 is 16.5. The van der Waals surface area contributed by atoms with Gasteiger partial charge in [-0.3, -0.25) is 9.59 Å². The number of fused-ring (bicyclic) bond motifs is 1. The maximum Gasteiger partial charge on any atom is 0.256 e. The number of nitrogens with zero attached hydrogens (tertiary/aromatic N) is 1. The third-order valence-corrected chi connectivity index (χ3v) is 7.79. The number of aromatic nitrogens is 2. The monoisotopic (exact) mass is 526 g/mol. The van der Waals surface area contributed by atoms with Crippen LogP contribution in [0.15, 0.2) is 59.5 Å². The highest BCUT2D eigenvalue weighted by Gasteiger charge is 2.29. The van der Waals surface area contributed by atoms with Crippen molar-refractivity contribution in [1.82, 2.24) is 9.55 Å². The van der Waals surface area contributed by atoms with E-state index in [-0.39, 0.29) is 23.7 Å². The van der Waals surface area contributed by atoms with Gasteiger partial charge in [0.1, 0.15) is 5.82 Å². The molecule has 0 saturated heterocycles. The van der Waals surface area contributed by atoms with Crippen molar-refractivity contribution in [2.75, 3.05) is 5.75 Å². The van der Waals surface area contributed by atoms with Crippen molar-refractivity contribution in [3.05, 3.63) is 103 Å². The van der Waals surface area contributed by atoms with E-state index >= 15 is 0 Å². The second-order valence-corrected chi connectivity index (χ2v) is 10.3. The van der Waals surface area contributed by atoms with Crippen molar-refractivity contribution >= 4 is 40.0 Å². The number of carbonyl (C=O) groups is 1. The number of hydrogen-bond acceptors (Lipinski definition) is 5. The van der Waals surface area contributed by atoms with Gasteiger partial charge in [-0.15, -0.1) is 0 Å². The summed E-state index contributed by atoms with van der Waals surface area (Å²) in [5.74, 6) is -0.0935. The lowest BCUT2D eigenvalue weighted by atomic mass is 10.00. The summed E-state index contributed by atoms with van der Waals surface area (Å²) >= 11 is 7.90. The number of hydrogen-bond donors (Lipinski definition) is 1. The van der Waals surface area contributed by atoms with Gasteiger partial charge >= 0.3 is 0 Å². The Morgan fingerprint density at radius 2 is 1.92 bits per heavy atom. The van der Waals surface area contributed by atoms with E-state index in [1.54, 1.807) is 36.0 Å². The van der Waals surface area contributed by atoms with Crippen LogP contribution in [-0.2, 0) is 13.0 Å². The van der Waals surface area contributed by atoms with Crippen molar-refractivity contribution in [3.8, 4) is 11.1 Å². The Kier molecular flexibility index (Phi) is 8.06. The predicted octanol–water partition coefficient (Wildman–Crippen LogP) is 6.55. The molecule has 2 aromatic carbocycles. The molecule has 0 unspecified atom stereocenters. The average molecular weight is 527 g/mol. The molecule has 0 atom stereocenters. The molecule has 0 aliphatic heterocycles. The number of thioether (sulfide) groups is 1. The highest BCUT2D eigenvalue weighted by atomic mass is 35.5. The summed E-state index contributed by atoms with van der Waals surface area (Å²) in [4.78, 5) is 43.3. The second kappa shape index (κ2) is 11.2. The molecule has 0 bridgehead atoms. The van der Waals surface area contributed by atoms with Crippen molar-refractivity contribution in [1.29, 1.82) is 0 Å². The van der Waals surface area contributed by atoms with E-state index in [4.69, 9.17) is 21.5 Å². The first-order chi connectivity index (χ1) is 17.5. The average Bonchev–Trinajstić information content (AvgIpc) is 3.68. The molecule has 186 valence electrons. The van der Waals surface area contributed by atoms with Gasteiger partial charge in [0.15, 0.2) is 5.78 Å². The predicted molar refractivity (Wildman–Crippen MR) is 144 cm³/mol. The number of aryl methyl sites for hydroxylation is 1. The van der Waals surface area contributed by atoms with E-state index in [1.807, 2.05) is 22.8 Å². The van der Waals surface area contributed by atoms with Crippen LogP contribution in [0.25, 0.3) is 22.0 Å². The molecule has 0 amide bonds. The summed E-state index contributed by atoms with van der Waals surface area (Å²) in [5.41, 5.74) is 3.36. The third kappa shape index (κ3) is 5.29. The van der Waals surface area contributed by atoms with Crippen LogP contribution in [0.5, 0.6) is 0 Å². The molecular weight excluding hydrogens is 503 g/mol. The zero-order chi connectivity index (χ0) is 25.8. The number of Topliss-reactive ketones (excluding diaryl/α,β-unsaturated/α-hetero) is 1. The van der Waals surface area contributed by atoms with Crippen LogP contribution in [0.4, 0.5) is 4.39 Å². The van der Waals surface area contributed by atoms with Gasteiger partial charge < -0.3 is 9.55 Å². The minimum absolute atomic E-state index is 0.0723. The summed E-state index contributed by atoms with van der Waals surface area (Å²) in [5, 5.41) is 1.68. The van der Waals surface area contributed by atoms with Gasteiger partial charge in [-0.2, -0.15) is 11.8 Å². The van der Waals surface area contributed by atoms with Crippen LogP contribution in [0.2, 0.25) is 5.02 Å². The lowest BCUT2D eigenvalue weighted by Crippen LogP contribution is -2.16. The van der Waals surface area contributed by atoms with Crippen LogP contribution in [0, 0.1) is 15.7 Å². The first-order valence-corrected chi connectivity index (χ1v) is 13.0. The molecule has 0 spiro atoms. The van der Waals surface area contributed by atoms with Gasteiger partial charge in [0.05, 0.1) is 28.6 Å². The largest absolute Gasteiger partial charge is 0.333 e. The van der Waals surface area contributed by atoms with Gasteiger partial charge in [-0.1, -0.05) is 42.8 Å². The number of carbonyl (C=O) groups excluding carboxylic acids is 1. The summed E-state index contributed by atoms with van der Waals surface area (Å²) in [6, 6.07) is 14.2. The first-order valence-electron chi connectivity index (χ1n) is 11.5. The lowest BCUT2D eigenvalue weighted by molar-refractivity contribution is 0.101. The standard InChI is InChI=1S/C27H24ClFN2O2S.O2/c1-2-16-7-10-23-20(11-16)25(21-12-18(28)13-30-27(21)33)26(24(32)15-34-19-8-9-19)31(23)14-17-5-3-4-6-22(17)29;1-2/h3-7,10-13,19H,2,8-9,14-15H2,1H3,(H,30,33);. The number of aromatic amines is 1. The Morgan fingerprint density at radius 3 is 2.61 bits per heavy atom. The van der Waals surface area contributed by atoms with Crippen LogP contribution in [0.3, 0.4) is 0 Å². The summed E-state index contributed by atoms with van der Waals surface area (Å²) in [6.45, 7) is 2.24.